The van der Waals surface area contributed by atoms with Gasteiger partial charge in [0, 0.05) is 5.92 Å². The smallest absolute Gasteiger partial charge is 0.303 e. The molecule has 1 N–H and O–H groups in total. The molecule has 0 aliphatic heterocycles. The minimum absolute atomic E-state index is 0.316. The van der Waals surface area contributed by atoms with Crippen molar-refractivity contribution < 1.29 is 14.4 Å². The summed E-state index contributed by atoms with van der Waals surface area (Å²) < 4.78 is 0.852. The molecule has 160 valence electrons. The first-order valence-corrected chi connectivity index (χ1v) is 11.5. The summed E-state index contributed by atoms with van der Waals surface area (Å²) >= 11 is 0. The van der Waals surface area contributed by atoms with Gasteiger partial charge < -0.3 is 9.59 Å². The fourth-order valence-electron chi connectivity index (χ4n) is 3.78. The van der Waals surface area contributed by atoms with Crippen molar-refractivity contribution in [1.29, 1.82) is 0 Å². The van der Waals surface area contributed by atoms with Crippen LogP contribution >= 0.6 is 0 Å². The maximum atomic E-state index is 11.0. The lowest BCUT2D eigenvalue weighted by Gasteiger charge is -2.28. The topological polar surface area (TPSA) is 37.3 Å². The van der Waals surface area contributed by atoms with Crippen molar-refractivity contribution in [1.82, 2.24) is 0 Å². The van der Waals surface area contributed by atoms with E-state index in [2.05, 4.69) is 40.2 Å². The first-order valence-electron chi connectivity index (χ1n) is 11.5. The lowest BCUT2D eigenvalue weighted by Crippen LogP contribution is -2.39. The summed E-state index contributed by atoms with van der Waals surface area (Å²) in [4.78, 5) is 11.0. The molecule has 0 rings (SSSR count). The molecule has 0 radical (unpaired) electrons. The number of quaternary nitrogens is 1. The Morgan fingerprint density at radius 1 is 0.815 bits per heavy atom. The molecule has 0 aromatic carbocycles. The summed E-state index contributed by atoms with van der Waals surface area (Å²) in [5.41, 5.74) is 0. The largest absolute Gasteiger partial charge is 0.481 e. The van der Waals surface area contributed by atoms with E-state index in [9.17, 15) is 4.79 Å². The zero-order valence-corrected chi connectivity index (χ0v) is 18.8. The maximum absolute atomic E-state index is 11.0. The Morgan fingerprint density at radius 3 is 1.78 bits per heavy atom. The van der Waals surface area contributed by atoms with Crippen LogP contribution in [0.25, 0.3) is 0 Å². The first kappa shape index (κ1) is 26.2. The van der Waals surface area contributed by atoms with Gasteiger partial charge in [-0.05, 0) is 32.1 Å². The Balaban J connectivity index is 3.51. The van der Waals surface area contributed by atoms with E-state index in [1.54, 1.807) is 0 Å². The molecule has 0 aromatic heterocycles. The molecular formula is C24H48NO2+. The van der Waals surface area contributed by atoms with Crippen LogP contribution in [0.1, 0.15) is 103 Å². The van der Waals surface area contributed by atoms with Gasteiger partial charge in [0.15, 0.2) is 0 Å². The van der Waals surface area contributed by atoms with Crippen LogP contribution in [0.5, 0.6) is 0 Å². The molecule has 0 amide bonds. The lowest BCUT2D eigenvalue weighted by atomic mass is 9.96. The molecule has 1 unspecified atom stereocenters. The molecule has 0 bridgehead atoms. The third kappa shape index (κ3) is 21.3. The van der Waals surface area contributed by atoms with Crippen LogP contribution in [-0.4, -0.2) is 43.2 Å². The van der Waals surface area contributed by atoms with E-state index in [0.717, 1.165) is 17.4 Å². The monoisotopic (exact) mass is 382 g/mol. The first-order chi connectivity index (χ1) is 12.8. The Kier molecular flexibility index (Phi) is 16.7. The zero-order valence-electron chi connectivity index (χ0n) is 18.8. The summed E-state index contributed by atoms with van der Waals surface area (Å²) in [5, 5.41) is 9.09. The Hall–Kier alpha value is -0.830. The molecule has 0 aromatic rings. The van der Waals surface area contributed by atoms with Gasteiger partial charge in [0.1, 0.15) is 0 Å². The Labute approximate surface area is 169 Å². The molecule has 0 spiro atoms. The number of aliphatic carboxylic acids is 1. The normalized spacial score (nSPS) is 13.3. The van der Waals surface area contributed by atoms with E-state index in [4.69, 9.17) is 5.11 Å². The van der Waals surface area contributed by atoms with Gasteiger partial charge in [0.25, 0.3) is 0 Å². The molecule has 27 heavy (non-hydrogen) atoms. The Morgan fingerprint density at radius 2 is 1.30 bits per heavy atom. The minimum Gasteiger partial charge on any atom is -0.481 e. The van der Waals surface area contributed by atoms with Gasteiger partial charge in [-0.1, -0.05) is 76.9 Å². The standard InChI is InChI=1S/C24H47NO2/c1-5-6-7-8-9-10-11-12-13-14-15-16-17-18-19-20-23(21-24(26)27)22-25(2,3)4/h10-11,23H,5-9,12-22H2,1-4H3/p+1/b11-10-. The highest BCUT2D eigenvalue weighted by molar-refractivity contribution is 5.67. The van der Waals surface area contributed by atoms with Crippen molar-refractivity contribution in [2.24, 2.45) is 5.92 Å². The van der Waals surface area contributed by atoms with Crippen molar-refractivity contribution in [3.63, 3.8) is 0 Å². The number of carbonyl (C=O) groups is 1. The average Bonchev–Trinajstić information content (AvgIpc) is 2.56. The van der Waals surface area contributed by atoms with Gasteiger partial charge in [0.05, 0.1) is 34.1 Å². The van der Waals surface area contributed by atoms with Crippen LogP contribution in [0.2, 0.25) is 0 Å². The zero-order chi connectivity index (χ0) is 20.4. The fourth-order valence-corrected chi connectivity index (χ4v) is 3.78. The number of hydrogen-bond acceptors (Lipinski definition) is 1. The number of carboxylic acid groups (broad SMARTS) is 1. The molecule has 3 heteroatoms. The molecular weight excluding hydrogens is 334 g/mol. The second-order valence-electron chi connectivity index (χ2n) is 9.31. The quantitative estimate of drug-likeness (QED) is 0.151. The van der Waals surface area contributed by atoms with Crippen molar-refractivity contribution >= 4 is 5.97 Å². The van der Waals surface area contributed by atoms with E-state index < -0.39 is 5.97 Å². The number of unbranched alkanes of at least 4 members (excludes halogenated alkanes) is 11. The minimum atomic E-state index is -0.650. The number of rotatable bonds is 19. The average molecular weight is 383 g/mol. The van der Waals surface area contributed by atoms with Gasteiger partial charge in [-0.15, -0.1) is 0 Å². The van der Waals surface area contributed by atoms with E-state index in [-0.39, 0.29) is 0 Å². The Bertz CT molecular complexity index is 371. The van der Waals surface area contributed by atoms with Crippen molar-refractivity contribution in [2.45, 2.75) is 103 Å². The van der Waals surface area contributed by atoms with Gasteiger partial charge in [-0.2, -0.15) is 0 Å². The van der Waals surface area contributed by atoms with E-state index >= 15 is 0 Å². The van der Waals surface area contributed by atoms with Gasteiger partial charge in [-0.3, -0.25) is 4.79 Å². The van der Waals surface area contributed by atoms with Gasteiger partial charge in [-0.25, -0.2) is 0 Å². The van der Waals surface area contributed by atoms with Crippen molar-refractivity contribution in [3.05, 3.63) is 12.2 Å². The number of carboxylic acids is 1. The van der Waals surface area contributed by atoms with E-state index in [1.165, 1.54) is 83.5 Å². The number of nitrogens with zero attached hydrogens (tertiary/aromatic N) is 1. The molecule has 0 saturated heterocycles. The second-order valence-corrected chi connectivity index (χ2v) is 9.31. The predicted molar refractivity (Wildman–Crippen MR) is 118 cm³/mol. The van der Waals surface area contributed by atoms with Crippen LogP contribution in [0.15, 0.2) is 12.2 Å². The van der Waals surface area contributed by atoms with Crippen LogP contribution in [0.4, 0.5) is 0 Å². The summed E-state index contributed by atoms with van der Waals surface area (Å²) in [6, 6.07) is 0. The highest BCUT2D eigenvalue weighted by Gasteiger charge is 2.20. The lowest BCUT2D eigenvalue weighted by molar-refractivity contribution is -0.873. The fraction of sp³-hybridized carbons (Fsp3) is 0.875. The van der Waals surface area contributed by atoms with Crippen LogP contribution < -0.4 is 0 Å². The summed E-state index contributed by atoms with van der Waals surface area (Å²) in [7, 11) is 6.45. The molecule has 0 fully saturated rings. The predicted octanol–water partition coefficient (Wildman–Crippen LogP) is 6.82. The highest BCUT2D eigenvalue weighted by Crippen LogP contribution is 2.18. The summed E-state index contributed by atoms with van der Waals surface area (Å²) in [6.07, 6.45) is 23.2. The summed E-state index contributed by atoms with van der Waals surface area (Å²) in [5.74, 6) is -0.334. The highest BCUT2D eigenvalue weighted by atomic mass is 16.4. The molecule has 0 heterocycles. The van der Waals surface area contributed by atoms with Crippen LogP contribution in [0.3, 0.4) is 0 Å². The SMILES string of the molecule is CCCCCC/C=C\CCCCCCCCCC(CC(=O)O)C[N+](C)(C)C. The third-order valence-electron chi connectivity index (χ3n) is 5.14. The van der Waals surface area contributed by atoms with Gasteiger partial charge >= 0.3 is 5.97 Å². The molecule has 1 atom stereocenters. The van der Waals surface area contributed by atoms with Crippen LogP contribution in [-0.2, 0) is 4.79 Å². The second kappa shape index (κ2) is 17.3. The van der Waals surface area contributed by atoms with E-state index in [0.29, 0.717) is 12.3 Å². The maximum Gasteiger partial charge on any atom is 0.303 e. The molecule has 0 aliphatic carbocycles. The number of allylic oxidation sites excluding steroid dienone is 2. The molecule has 3 nitrogen and oxygen atoms in total. The van der Waals surface area contributed by atoms with E-state index in [1.807, 2.05) is 0 Å². The number of hydrogen-bond donors (Lipinski definition) is 1. The van der Waals surface area contributed by atoms with Crippen molar-refractivity contribution in [2.75, 3.05) is 27.7 Å². The molecule has 0 aliphatic rings. The summed E-state index contributed by atoms with van der Waals surface area (Å²) in [6.45, 7) is 3.22. The third-order valence-corrected chi connectivity index (χ3v) is 5.14. The van der Waals surface area contributed by atoms with Gasteiger partial charge in [0.2, 0.25) is 0 Å². The van der Waals surface area contributed by atoms with Crippen molar-refractivity contribution in [3.8, 4) is 0 Å². The molecule has 0 saturated carbocycles. The van der Waals surface area contributed by atoms with Crippen LogP contribution in [0, 0.1) is 5.92 Å².